The first-order valence-corrected chi connectivity index (χ1v) is 13.7. The van der Waals surface area contributed by atoms with Gasteiger partial charge in [0, 0.05) is 0 Å². The van der Waals surface area contributed by atoms with E-state index in [1.54, 1.807) is 0 Å². The van der Waals surface area contributed by atoms with E-state index < -0.39 is 54.1 Å². The minimum absolute atomic E-state index is 0.000116. The molecule has 18 nitrogen and oxygen atoms in total. The van der Waals surface area contributed by atoms with Crippen molar-refractivity contribution in [3.63, 3.8) is 0 Å². The van der Waals surface area contributed by atoms with Crippen molar-refractivity contribution in [1.29, 1.82) is 0 Å². The summed E-state index contributed by atoms with van der Waals surface area (Å²) in [6.07, 6.45) is -5.42. The molecule has 194 valence electrons. The largest absolute Gasteiger partial charge is 0.490 e. The third-order valence-electron chi connectivity index (χ3n) is 4.13. The van der Waals surface area contributed by atoms with E-state index in [0.717, 1.165) is 10.9 Å². The first-order valence-electron chi connectivity index (χ1n) is 9.78. The number of aliphatic hydroxyl groups excluding tert-OH is 1. The van der Waals surface area contributed by atoms with Crippen LogP contribution in [0.3, 0.4) is 0 Å². The number of phosphoric acid groups is 3. The summed E-state index contributed by atoms with van der Waals surface area (Å²) >= 11 is 5.06. The molecule has 2 aromatic heterocycles. The summed E-state index contributed by atoms with van der Waals surface area (Å²) < 4.78 is 68.1. The molecule has 0 saturated carbocycles. The molecule has 9 N–H and O–H groups in total. The summed E-state index contributed by atoms with van der Waals surface area (Å²) in [5, 5.41) is 21.9. The number of fused-ring (bicyclic) bond motifs is 1. The molecule has 1 aliphatic heterocycles. The quantitative estimate of drug-likeness (QED) is 0.110. The average molecular weight is 579 g/mol. The predicted octanol–water partition coefficient (Wildman–Crippen LogP) is -0.573. The van der Waals surface area contributed by atoms with Gasteiger partial charge < -0.3 is 45.2 Å². The van der Waals surface area contributed by atoms with Gasteiger partial charge in [0.15, 0.2) is 22.4 Å². The third kappa shape index (κ3) is 6.23. The van der Waals surface area contributed by atoms with E-state index in [4.69, 9.17) is 35.2 Å². The van der Waals surface area contributed by atoms with Gasteiger partial charge in [-0.1, -0.05) is 18.1 Å². The van der Waals surface area contributed by atoms with Gasteiger partial charge in [-0.05, 0) is 6.92 Å². The highest BCUT2D eigenvalue weighted by atomic mass is 32.1. The van der Waals surface area contributed by atoms with E-state index >= 15 is 0 Å². The number of imidazole rings is 1. The van der Waals surface area contributed by atoms with Crippen molar-refractivity contribution in [1.82, 2.24) is 19.5 Å². The maximum Gasteiger partial charge on any atom is 0.490 e. The summed E-state index contributed by atoms with van der Waals surface area (Å²) in [6, 6.07) is 0. The molecular weight excluding hydrogens is 559 g/mol. The Morgan fingerprint density at radius 1 is 1.34 bits per heavy atom. The van der Waals surface area contributed by atoms with Crippen molar-refractivity contribution in [2.45, 2.75) is 31.0 Å². The summed E-state index contributed by atoms with van der Waals surface area (Å²) in [5.74, 6) is 4.39. The molecule has 0 spiro atoms. The molecule has 3 rings (SSSR count). The second-order valence-electron chi connectivity index (χ2n) is 6.63. The Kier molecular flexibility index (Phi) is 6.96. The Morgan fingerprint density at radius 2 is 2.00 bits per heavy atom. The molecule has 2 aromatic rings. The molecule has 0 radical (unpaired) electrons. The van der Waals surface area contributed by atoms with E-state index in [-0.39, 0.29) is 21.8 Å². The fourth-order valence-corrected chi connectivity index (χ4v) is 6.07. The van der Waals surface area contributed by atoms with Gasteiger partial charge in [-0.2, -0.15) is 8.62 Å². The number of nitrogens with one attached hydrogen (secondary N) is 1. The Bertz CT molecular complexity index is 1490. The lowest BCUT2D eigenvalue weighted by Gasteiger charge is -2.26. The lowest BCUT2D eigenvalue weighted by atomic mass is 9.94. The SMILES string of the molecule is [2H]C([2H])(OP(=O)(O)OP(=O)(O)OP(=O)(O)O)[C@H]1O[C@@H](n2cnc3c(=S)nc(N)[nH]c32)C(O)(C#CC)[C@H]1O. The molecule has 1 fully saturated rings. The maximum absolute atomic E-state index is 12.2. The minimum Gasteiger partial charge on any atom is -0.386 e. The monoisotopic (exact) mass is 579 g/mol. The number of nitrogens with two attached hydrogens (primary N) is 1. The number of aromatic amines is 1. The van der Waals surface area contributed by atoms with Crippen LogP contribution in [-0.4, -0.2) is 73.7 Å². The van der Waals surface area contributed by atoms with Crippen LogP contribution in [0, 0.1) is 16.5 Å². The first-order chi connectivity index (χ1) is 16.7. The number of aliphatic hydroxyl groups is 2. The first kappa shape index (κ1) is 25.1. The lowest BCUT2D eigenvalue weighted by molar-refractivity contribution is -0.0718. The fourth-order valence-electron chi connectivity index (χ4n) is 2.95. The van der Waals surface area contributed by atoms with Gasteiger partial charge in [-0.3, -0.25) is 9.09 Å². The number of rotatable bonds is 8. The van der Waals surface area contributed by atoms with Crippen LogP contribution >= 0.6 is 35.7 Å². The third-order valence-corrected chi connectivity index (χ3v) is 8.08. The van der Waals surface area contributed by atoms with Gasteiger partial charge in [-0.25, -0.2) is 23.7 Å². The topological polar surface area (TPSA) is 282 Å². The van der Waals surface area contributed by atoms with Crippen LogP contribution < -0.4 is 5.73 Å². The van der Waals surface area contributed by atoms with Crippen LogP contribution in [0.4, 0.5) is 5.95 Å². The van der Waals surface area contributed by atoms with Crippen molar-refractivity contribution in [3.8, 4) is 11.8 Å². The molecule has 0 amide bonds. The van der Waals surface area contributed by atoms with Gasteiger partial charge in [0.05, 0.1) is 15.6 Å². The van der Waals surface area contributed by atoms with Crippen LogP contribution in [0.15, 0.2) is 6.33 Å². The number of hydrogen-bond acceptors (Lipinski definition) is 13. The van der Waals surface area contributed by atoms with Gasteiger partial charge >= 0.3 is 23.5 Å². The van der Waals surface area contributed by atoms with Crippen LogP contribution in [0.1, 0.15) is 15.9 Å². The average Bonchev–Trinajstić information content (AvgIpc) is 3.18. The number of aromatic nitrogens is 4. The van der Waals surface area contributed by atoms with Crippen molar-refractivity contribution < 1.29 is 64.1 Å². The number of phosphoric ester groups is 1. The summed E-state index contributed by atoms with van der Waals surface area (Å²) in [6.45, 7) is -2.34. The number of anilines is 1. The van der Waals surface area contributed by atoms with E-state index in [0.29, 0.717) is 0 Å². The molecule has 3 heterocycles. The number of hydrogen-bond donors (Lipinski definition) is 8. The summed E-state index contributed by atoms with van der Waals surface area (Å²) in [4.78, 5) is 46.6. The van der Waals surface area contributed by atoms with Crippen LogP contribution in [0.2, 0.25) is 0 Å². The van der Waals surface area contributed by atoms with E-state index in [1.807, 2.05) is 0 Å². The van der Waals surface area contributed by atoms with E-state index in [2.05, 4.69) is 39.9 Å². The van der Waals surface area contributed by atoms with Crippen LogP contribution in [0.5, 0.6) is 0 Å². The number of nitrogens with zero attached hydrogens (tertiary/aromatic N) is 3. The van der Waals surface area contributed by atoms with Crippen LogP contribution in [-0.2, 0) is 31.6 Å². The highest BCUT2D eigenvalue weighted by Gasteiger charge is 2.56. The highest BCUT2D eigenvalue weighted by Crippen LogP contribution is 2.66. The number of nitrogen functional groups attached to an aromatic ring is 1. The van der Waals surface area contributed by atoms with Crippen molar-refractivity contribution in [3.05, 3.63) is 11.0 Å². The molecule has 6 atom stereocenters. The van der Waals surface area contributed by atoms with Gasteiger partial charge in [0.2, 0.25) is 0 Å². The van der Waals surface area contributed by atoms with Crippen LogP contribution in [0.25, 0.3) is 11.2 Å². The van der Waals surface area contributed by atoms with Crippen molar-refractivity contribution in [2.75, 3.05) is 12.3 Å². The smallest absolute Gasteiger partial charge is 0.386 e. The Labute approximate surface area is 202 Å². The molecule has 3 unspecified atom stereocenters. The normalized spacial score (nSPS) is 29.5. The molecule has 0 bridgehead atoms. The minimum atomic E-state index is -6.02. The van der Waals surface area contributed by atoms with E-state index in [1.165, 1.54) is 6.92 Å². The van der Waals surface area contributed by atoms with Crippen molar-refractivity contribution in [2.24, 2.45) is 0 Å². The number of ether oxygens (including phenoxy) is 1. The standard InChI is InChI=1S/C13H18N5O13P3S/c1-2-3-13(20)8(19)6(4-28-33(24,25)31-34(26,27)30-32(21,22)23)29-11(13)18-5-15-7-9(18)16-12(14)17-10(7)35/h5-6,8,11,19-20H,4H2,1H3,(H,24,25)(H,26,27)(H2,21,22,23)(H3,14,16,17,35)/t6-,8+,11-,13?/m1/s1/i4D2. The molecule has 35 heavy (non-hydrogen) atoms. The Morgan fingerprint density at radius 3 is 2.60 bits per heavy atom. The summed E-state index contributed by atoms with van der Waals surface area (Å²) in [7, 11) is -17.7. The highest BCUT2D eigenvalue weighted by molar-refractivity contribution is 7.71. The van der Waals surface area contributed by atoms with Gasteiger partial charge in [0.25, 0.3) is 0 Å². The van der Waals surface area contributed by atoms with Crippen molar-refractivity contribution >= 4 is 52.8 Å². The molecule has 1 saturated heterocycles. The summed E-state index contributed by atoms with van der Waals surface area (Å²) in [5.41, 5.74) is 3.08. The molecule has 0 aromatic carbocycles. The zero-order valence-electron chi connectivity index (χ0n) is 19.0. The molecule has 0 aliphatic carbocycles. The zero-order valence-corrected chi connectivity index (χ0v) is 20.5. The second kappa shape index (κ2) is 9.71. The fraction of sp³-hybridized carbons (Fsp3) is 0.462. The predicted molar refractivity (Wildman–Crippen MR) is 115 cm³/mol. The van der Waals surface area contributed by atoms with Gasteiger partial charge in [0.1, 0.15) is 23.4 Å². The second-order valence-corrected chi connectivity index (χ2v) is 11.4. The number of H-pyrrole nitrogens is 1. The lowest BCUT2D eigenvalue weighted by Crippen LogP contribution is -2.46. The van der Waals surface area contributed by atoms with E-state index in [9.17, 15) is 33.7 Å². The molecule has 1 aliphatic rings. The zero-order chi connectivity index (χ0) is 28.2. The Hall–Kier alpha value is -1.58. The molecular formula is C13H18N5O13P3S. The maximum atomic E-state index is 12.2. The van der Waals surface area contributed by atoms with Gasteiger partial charge in [-0.15, -0.1) is 5.92 Å². The molecule has 22 heteroatoms. The Balaban J connectivity index is 1.99.